The second kappa shape index (κ2) is 3.41. The van der Waals surface area contributed by atoms with Gasteiger partial charge in [-0.25, -0.2) is 0 Å². The van der Waals surface area contributed by atoms with Gasteiger partial charge in [0.15, 0.2) is 0 Å². The molecule has 1 aromatic carbocycles. The Morgan fingerprint density at radius 2 is 1.80 bits per heavy atom. The van der Waals surface area contributed by atoms with Gasteiger partial charge < -0.3 is 4.57 Å². The van der Waals surface area contributed by atoms with Crippen LogP contribution in [0, 0.1) is 20.8 Å². The SMILES string of the molecule is CCc1cc(C)c(C)c2c1cc(C)n2C. The number of hydrogen-bond donors (Lipinski definition) is 0. The van der Waals surface area contributed by atoms with Crippen molar-refractivity contribution in [1.29, 1.82) is 0 Å². The van der Waals surface area contributed by atoms with Gasteiger partial charge in [0, 0.05) is 18.1 Å². The van der Waals surface area contributed by atoms with E-state index in [1.54, 1.807) is 0 Å². The van der Waals surface area contributed by atoms with Crippen molar-refractivity contribution < 1.29 is 0 Å². The standard InChI is InChI=1S/C14H19N/c1-6-12-7-9(2)11(4)14-13(12)8-10(3)15(14)5/h7-8H,6H2,1-5H3. The molecule has 0 atom stereocenters. The molecular formula is C14H19N. The van der Waals surface area contributed by atoms with Crippen LogP contribution in [0.15, 0.2) is 12.1 Å². The van der Waals surface area contributed by atoms with Crippen molar-refractivity contribution in [2.75, 3.05) is 0 Å². The van der Waals surface area contributed by atoms with Crippen LogP contribution in [0.2, 0.25) is 0 Å². The van der Waals surface area contributed by atoms with Crippen molar-refractivity contribution in [3.8, 4) is 0 Å². The molecule has 0 aliphatic heterocycles. The lowest BCUT2D eigenvalue weighted by Gasteiger charge is -2.09. The van der Waals surface area contributed by atoms with Crippen LogP contribution in [0.4, 0.5) is 0 Å². The van der Waals surface area contributed by atoms with Gasteiger partial charge in [0.05, 0.1) is 5.52 Å². The molecule has 0 aliphatic rings. The molecule has 0 fully saturated rings. The molecule has 0 N–H and O–H groups in total. The fourth-order valence-corrected chi connectivity index (χ4v) is 2.36. The highest BCUT2D eigenvalue weighted by atomic mass is 14.9. The van der Waals surface area contributed by atoms with Crippen molar-refractivity contribution in [2.45, 2.75) is 34.1 Å². The number of aryl methyl sites for hydroxylation is 5. The van der Waals surface area contributed by atoms with E-state index in [2.05, 4.69) is 51.4 Å². The van der Waals surface area contributed by atoms with Gasteiger partial charge in [-0.2, -0.15) is 0 Å². The molecule has 0 radical (unpaired) electrons. The summed E-state index contributed by atoms with van der Waals surface area (Å²) in [5, 5.41) is 1.43. The third-order valence-corrected chi connectivity index (χ3v) is 3.54. The van der Waals surface area contributed by atoms with E-state index in [9.17, 15) is 0 Å². The predicted octanol–water partition coefficient (Wildman–Crippen LogP) is 3.67. The van der Waals surface area contributed by atoms with Crippen LogP contribution in [-0.2, 0) is 13.5 Å². The Morgan fingerprint density at radius 3 is 2.40 bits per heavy atom. The van der Waals surface area contributed by atoms with E-state index < -0.39 is 0 Å². The average Bonchev–Trinajstić information content (AvgIpc) is 2.50. The number of hydrogen-bond acceptors (Lipinski definition) is 0. The Balaban J connectivity index is 2.96. The number of rotatable bonds is 1. The van der Waals surface area contributed by atoms with E-state index in [-0.39, 0.29) is 0 Å². The fraction of sp³-hybridized carbons (Fsp3) is 0.429. The molecular weight excluding hydrogens is 182 g/mol. The van der Waals surface area contributed by atoms with Gasteiger partial charge in [0.2, 0.25) is 0 Å². The summed E-state index contributed by atoms with van der Waals surface area (Å²) < 4.78 is 2.30. The predicted molar refractivity (Wildman–Crippen MR) is 66.5 cm³/mol. The number of benzene rings is 1. The summed E-state index contributed by atoms with van der Waals surface area (Å²) in [4.78, 5) is 0. The number of fused-ring (bicyclic) bond motifs is 1. The summed E-state index contributed by atoms with van der Waals surface area (Å²) in [6.07, 6.45) is 1.11. The lowest BCUT2D eigenvalue weighted by molar-refractivity contribution is 0.913. The molecule has 80 valence electrons. The van der Waals surface area contributed by atoms with Crippen LogP contribution in [0.25, 0.3) is 10.9 Å². The van der Waals surface area contributed by atoms with Crippen molar-refractivity contribution >= 4 is 10.9 Å². The maximum Gasteiger partial charge on any atom is 0.0514 e. The van der Waals surface area contributed by atoms with Gasteiger partial charge in [-0.3, -0.25) is 0 Å². The second-order valence-corrected chi connectivity index (χ2v) is 4.44. The first kappa shape index (κ1) is 10.3. The molecule has 1 heterocycles. The minimum atomic E-state index is 1.11. The monoisotopic (exact) mass is 201 g/mol. The Morgan fingerprint density at radius 1 is 1.13 bits per heavy atom. The fourth-order valence-electron chi connectivity index (χ4n) is 2.36. The molecule has 0 saturated heterocycles. The Kier molecular flexibility index (Phi) is 2.34. The molecule has 0 unspecified atom stereocenters. The molecule has 1 aromatic heterocycles. The topological polar surface area (TPSA) is 4.93 Å². The van der Waals surface area contributed by atoms with Gasteiger partial charge in [-0.1, -0.05) is 13.0 Å². The minimum Gasteiger partial charge on any atom is -0.348 e. The molecule has 1 nitrogen and oxygen atoms in total. The van der Waals surface area contributed by atoms with Gasteiger partial charge in [-0.05, 0) is 49.9 Å². The molecule has 0 bridgehead atoms. The highest BCUT2D eigenvalue weighted by Gasteiger charge is 2.10. The summed E-state index contributed by atoms with van der Waals surface area (Å²) >= 11 is 0. The Labute approximate surface area is 91.7 Å². The maximum absolute atomic E-state index is 2.33. The zero-order valence-corrected chi connectivity index (χ0v) is 10.3. The largest absolute Gasteiger partial charge is 0.348 e. The lowest BCUT2D eigenvalue weighted by Crippen LogP contribution is -1.95. The molecule has 0 aliphatic carbocycles. The molecule has 0 amide bonds. The van der Waals surface area contributed by atoms with Crippen LogP contribution in [0.1, 0.15) is 29.3 Å². The van der Waals surface area contributed by atoms with E-state index in [0.717, 1.165) is 6.42 Å². The molecule has 0 spiro atoms. The normalized spacial score (nSPS) is 11.3. The zero-order chi connectivity index (χ0) is 11.2. The summed E-state index contributed by atoms with van der Waals surface area (Å²) in [6, 6.07) is 4.64. The van der Waals surface area contributed by atoms with E-state index in [1.165, 1.54) is 33.3 Å². The van der Waals surface area contributed by atoms with Crippen molar-refractivity contribution in [3.63, 3.8) is 0 Å². The smallest absolute Gasteiger partial charge is 0.0514 e. The van der Waals surface area contributed by atoms with Crippen LogP contribution in [-0.4, -0.2) is 4.57 Å². The van der Waals surface area contributed by atoms with Gasteiger partial charge in [-0.15, -0.1) is 0 Å². The van der Waals surface area contributed by atoms with Crippen LogP contribution < -0.4 is 0 Å². The quantitative estimate of drug-likeness (QED) is 0.663. The molecule has 2 rings (SSSR count). The summed E-state index contributed by atoms with van der Waals surface area (Å²) in [5.74, 6) is 0. The van der Waals surface area contributed by atoms with Gasteiger partial charge in [0.1, 0.15) is 0 Å². The van der Waals surface area contributed by atoms with Crippen molar-refractivity contribution in [1.82, 2.24) is 4.57 Å². The Hall–Kier alpha value is -1.24. The molecule has 15 heavy (non-hydrogen) atoms. The van der Waals surface area contributed by atoms with E-state index in [1.807, 2.05) is 0 Å². The summed E-state index contributed by atoms with van der Waals surface area (Å²) in [5.41, 5.74) is 7.04. The number of aromatic nitrogens is 1. The first-order chi connectivity index (χ1) is 7.06. The van der Waals surface area contributed by atoms with Crippen LogP contribution in [0.5, 0.6) is 0 Å². The molecule has 0 saturated carbocycles. The first-order valence-electron chi connectivity index (χ1n) is 5.61. The van der Waals surface area contributed by atoms with Crippen LogP contribution >= 0.6 is 0 Å². The molecule has 2 aromatic rings. The van der Waals surface area contributed by atoms with Gasteiger partial charge in [0.25, 0.3) is 0 Å². The zero-order valence-electron chi connectivity index (χ0n) is 10.3. The van der Waals surface area contributed by atoms with Crippen molar-refractivity contribution in [3.05, 3.63) is 34.5 Å². The Bertz CT molecular complexity index is 518. The van der Waals surface area contributed by atoms with Crippen LogP contribution in [0.3, 0.4) is 0 Å². The third-order valence-electron chi connectivity index (χ3n) is 3.54. The van der Waals surface area contributed by atoms with E-state index in [4.69, 9.17) is 0 Å². The summed E-state index contributed by atoms with van der Waals surface area (Å²) in [6.45, 7) is 8.83. The van der Waals surface area contributed by atoms with E-state index in [0.29, 0.717) is 0 Å². The van der Waals surface area contributed by atoms with E-state index >= 15 is 0 Å². The third kappa shape index (κ3) is 1.38. The minimum absolute atomic E-state index is 1.11. The average molecular weight is 201 g/mol. The second-order valence-electron chi connectivity index (χ2n) is 4.44. The van der Waals surface area contributed by atoms with Gasteiger partial charge >= 0.3 is 0 Å². The molecule has 1 heteroatoms. The lowest BCUT2D eigenvalue weighted by atomic mass is 10.00. The number of nitrogens with zero attached hydrogens (tertiary/aromatic N) is 1. The highest BCUT2D eigenvalue weighted by Crippen LogP contribution is 2.28. The maximum atomic E-state index is 2.33. The van der Waals surface area contributed by atoms with Crippen molar-refractivity contribution in [2.24, 2.45) is 7.05 Å². The highest BCUT2D eigenvalue weighted by molar-refractivity contribution is 5.88. The summed E-state index contributed by atoms with van der Waals surface area (Å²) in [7, 11) is 2.16. The first-order valence-corrected chi connectivity index (χ1v) is 5.61.